The van der Waals surface area contributed by atoms with Gasteiger partial charge < -0.3 is 45.7 Å². The number of carbonyl (C=O) groups excluding carboxylic acids is 3. The molecule has 3 aromatic rings. The van der Waals surface area contributed by atoms with Gasteiger partial charge in [-0.05, 0) is 74.6 Å². The molecular weight excluding hydrogens is 648 g/mol. The Balaban J connectivity index is 1.42. The summed E-state index contributed by atoms with van der Waals surface area (Å²) in [5.74, 6) is -0.751. The van der Waals surface area contributed by atoms with Crippen molar-refractivity contribution in [2.75, 3.05) is 13.1 Å². The van der Waals surface area contributed by atoms with Gasteiger partial charge in [0.25, 0.3) is 0 Å². The molecule has 4 rings (SSSR count). The molecular formula is C40H53N4O7-. The van der Waals surface area contributed by atoms with Crippen LogP contribution in [0.15, 0.2) is 84.9 Å². The van der Waals surface area contributed by atoms with E-state index in [1.807, 2.05) is 98.8 Å². The van der Waals surface area contributed by atoms with Crippen LogP contribution in [-0.4, -0.2) is 82.2 Å². The van der Waals surface area contributed by atoms with Crippen LogP contribution in [0.3, 0.4) is 0 Å². The fourth-order valence-electron chi connectivity index (χ4n) is 6.71. The van der Waals surface area contributed by atoms with Crippen molar-refractivity contribution in [1.82, 2.24) is 20.9 Å². The second-order valence-electron chi connectivity index (χ2n) is 14.7. The number of benzene rings is 3. The highest BCUT2D eigenvalue weighted by molar-refractivity contribution is 5.86. The first kappa shape index (κ1) is 39.3. The monoisotopic (exact) mass is 701 g/mol. The molecule has 5 N–H and O–H groups in total. The summed E-state index contributed by atoms with van der Waals surface area (Å²) >= 11 is 0. The summed E-state index contributed by atoms with van der Waals surface area (Å²) in [6, 6.07) is 24.0. The number of rotatable bonds is 16. The van der Waals surface area contributed by atoms with E-state index < -0.39 is 54.0 Å². The minimum absolute atomic E-state index is 0.0172. The number of hydrogen-bond acceptors (Lipinski definition) is 8. The Morgan fingerprint density at radius 3 is 2.00 bits per heavy atom. The number of hydrogen-bond donors (Lipinski definition) is 5. The number of nitrogens with zero attached hydrogens (tertiary/aromatic N) is 1. The number of amides is 3. The molecule has 51 heavy (non-hydrogen) atoms. The van der Waals surface area contributed by atoms with Gasteiger partial charge in [0.05, 0.1) is 24.3 Å². The number of alkyl carbamates (subject to hydrolysis) is 1. The molecule has 11 heteroatoms. The lowest BCUT2D eigenvalue weighted by Gasteiger charge is -2.45. The van der Waals surface area contributed by atoms with Crippen LogP contribution in [0.25, 0.3) is 0 Å². The summed E-state index contributed by atoms with van der Waals surface area (Å²) in [6.07, 6.45) is -2.69. The summed E-state index contributed by atoms with van der Waals surface area (Å²) in [5, 5.41) is 43.9. The van der Waals surface area contributed by atoms with Crippen LogP contribution in [0.1, 0.15) is 69.4 Å². The number of aryl methyl sites for hydroxylation is 1. The molecule has 0 saturated carbocycles. The Hall–Kier alpha value is -4.45. The zero-order chi connectivity index (χ0) is 37.1. The molecule has 11 nitrogen and oxygen atoms in total. The molecule has 0 radical (unpaired) electrons. The van der Waals surface area contributed by atoms with E-state index in [0.717, 1.165) is 33.6 Å². The van der Waals surface area contributed by atoms with Crippen LogP contribution in [-0.2, 0) is 28.8 Å². The van der Waals surface area contributed by atoms with Crippen LogP contribution in [0.2, 0.25) is 0 Å². The third-order valence-electron chi connectivity index (χ3n) is 9.33. The molecule has 3 amide bonds. The van der Waals surface area contributed by atoms with Crippen LogP contribution >= 0.6 is 0 Å². The zero-order valence-electron chi connectivity index (χ0n) is 30.2. The summed E-state index contributed by atoms with van der Waals surface area (Å²) in [7, 11) is 0. The molecule has 0 aromatic heterocycles. The van der Waals surface area contributed by atoms with Crippen molar-refractivity contribution in [2.45, 2.75) is 102 Å². The largest absolute Gasteiger partial charge is 0.530 e. The number of aliphatic hydroxyl groups excluding tert-OH is 2. The topological polar surface area (TPSA) is 163 Å². The van der Waals surface area contributed by atoms with E-state index in [0.29, 0.717) is 12.8 Å². The van der Waals surface area contributed by atoms with Gasteiger partial charge >= 0.3 is 6.09 Å². The average molecular weight is 702 g/mol. The normalized spacial score (nSPS) is 17.1. The van der Waals surface area contributed by atoms with Crippen molar-refractivity contribution in [3.05, 3.63) is 107 Å². The van der Waals surface area contributed by atoms with Gasteiger partial charge in [0.15, 0.2) is 0 Å². The predicted octanol–water partition coefficient (Wildman–Crippen LogP) is 3.52. The fourth-order valence-corrected chi connectivity index (χ4v) is 6.71. The van der Waals surface area contributed by atoms with E-state index in [-0.39, 0.29) is 31.5 Å². The summed E-state index contributed by atoms with van der Waals surface area (Å²) in [6.45, 7) is 8.82. The Morgan fingerprint density at radius 2 is 1.41 bits per heavy atom. The van der Waals surface area contributed by atoms with Crippen LogP contribution in [0.4, 0.5) is 9.59 Å². The van der Waals surface area contributed by atoms with Gasteiger partial charge in [-0.3, -0.25) is 4.79 Å². The minimum Gasteiger partial charge on any atom is -0.530 e. The van der Waals surface area contributed by atoms with Gasteiger partial charge in [0, 0.05) is 18.6 Å². The fraction of sp³-hybridized carbons (Fsp3) is 0.475. The molecule has 1 aliphatic rings. The first-order chi connectivity index (χ1) is 24.2. The molecule has 1 unspecified atom stereocenters. The number of carboxylic acid groups (broad SMARTS) is 1. The van der Waals surface area contributed by atoms with Crippen molar-refractivity contribution in [3.8, 4) is 0 Å². The van der Waals surface area contributed by atoms with Crippen LogP contribution in [0, 0.1) is 5.92 Å². The SMILES string of the molecule is CC(C)[C@H](NC(=O)OC1CCc2ccccc21)C(=O)N[C@@H](Cc1ccccc1)[C@H](O)CNC[C@@H](O)[C@H](Cc1ccccc1)N(C(=O)[O-])C(C)(C)C. The first-order valence-electron chi connectivity index (χ1n) is 17.7. The maximum atomic E-state index is 13.7. The predicted molar refractivity (Wildman–Crippen MR) is 194 cm³/mol. The maximum absolute atomic E-state index is 13.7. The molecule has 6 atom stereocenters. The minimum atomic E-state index is -1.39. The highest BCUT2D eigenvalue weighted by Crippen LogP contribution is 2.33. The van der Waals surface area contributed by atoms with E-state index >= 15 is 0 Å². The first-order valence-corrected chi connectivity index (χ1v) is 17.7. The molecule has 0 spiro atoms. The maximum Gasteiger partial charge on any atom is 0.408 e. The second kappa shape index (κ2) is 18.2. The van der Waals surface area contributed by atoms with Gasteiger partial charge in [-0.15, -0.1) is 0 Å². The molecule has 0 aliphatic heterocycles. The van der Waals surface area contributed by atoms with Crippen molar-refractivity contribution >= 4 is 18.1 Å². The van der Waals surface area contributed by atoms with E-state index in [9.17, 15) is 29.7 Å². The lowest BCUT2D eigenvalue weighted by Crippen LogP contribution is -2.62. The summed E-state index contributed by atoms with van der Waals surface area (Å²) in [4.78, 5) is 40.2. The smallest absolute Gasteiger partial charge is 0.408 e. The number of carbonyl (C=O) groups is 3. The lowest BCUT2D eigenvalue weighted by molar-refractivity contribution is -0.275. The highest BCUT2D eigenvalue weighted by atomic mass is 16.6. The molecule has 1 aliphatic carbocycles. The number of aliphatic hydroxyl groups is 2. The van der Waals surface area contributed by atoms with Crippen molar-refractivity contribution in [2.24, 2.45) is 5.92 Å². The lowest BCUT2D eigenvalue weighted by atomic mass is 9.94. The Morgan fingerprint density at radius 1 is 0.843 bits per heavy atom. The molecule has 0 saturated heterocycles. The van der Waals surface area contributed by atoms with Crippen molar-refractivity contribution < 1.29 is 34.4 Å². The zero-order valence-corrected chi connectivity index (χ0v) is 30.2. The van der Waals surface area contributed by atoms with Gasteiger partial charge in [0.2, 0.25) is 5.91 Å². The Kier molecular flexibility index (Phi) is 14.0. The summed E-state index contributed by atoms with van der Waals surface area (Å²) < 4.78 is 5.74. The van der Waals surface area contributed by atoms with Gasteiger partial charge in [-0.25, -0.2) is 4.79 Å². The quantitative estimate of drug-likeness (QED) is 0.152. The van der Waals surface area contributed by atoms with E-state index in [1.54, 1.807) is 20.8 Å². The van der Waals surface area contributed by atoms with Crippen molar-refractivity contribution in [1.29, 1.82) is 0 Å². The van der Waals surface area contributed by atoms with Crippen LogP contribution < -0.4 is 21.1 Å². The Labute approximate surface area is 301 Å². The van der Waals surface area contributed by atoms with Gasteiger partial charge in [0.1, 0.15) is 18.2 Å². The Bertz CT molecular complexity index is 1560. The molecule has 0 fully saturated rings. The average Bonchev–Trinajstić information content (AvgIpc) is 3.48. The van der Waals surface area contributed by atoms with Crippen LogP contribution in [0.5, 0.6) is 0 Å². The number of ether oxygens (including phenoxy) is 1. The number of fused-ring (bicyclic) bond motifs is 1. The van der Waals surface area contributed by atoms with Crippen molar-refractivity contribution in [3.63, 3.8) is 0 Å². The van der Waals surface area contributed by atoms with E-state index in [4.69, 9.17) is 4.74 Å². The van der Waals surface area contributed by atoms with E-state index in [1.165, 1.54) is 0 Å². The molecule has 0 bridgehead atoms. The standard InChI is InChI=1S/C40H54N4O7/c1-26(2)36(43-38(48)51-35-21-20-29-18-12-13-19-30(29)35)37(47)42-31(22-27-14-8-6-9-15-27)33(45)24-41-25-34(46)32(23-28-16-10-7-11-17-28)44(39(49)50)40(3,4)5/h6-19,26,31-36,41,45-46H,20-25H2,1-5H3,(H,42,47)(H,43,48)(H,49,50)/p-1/t31-,32-,33+,34+,35?,36-/m0/s1. The third-order valence-corrected chi connectivity index (χ3v) is 9.33. The molecule has 276 valence electrons. The third kappa shape index (κ3) is 11.3. The van der Waals surface area contributed by atoms with E-state index in [2.05, 4.69) is 16.0 Å². The highest BCUT2D eigenvalue weighted by Gasteiger charge is 2.35. The van der Waals surface area contributed by atoms with Gasteiger partial charge in [-0.1, -0.05) is 98.8 Å². The molecule has 0 heterocycles. The van der Waals surface area contributed by atoms with Gasteiger partial charge in [-0.2, -0.15) is 0 Å². The second-order valence-corrected chi connectivity index (χ2v) is 14.7. The molecule has 3 aromatic carbocycles. The number of nitrogens with one attached hydrogen (secondary N) is 3. The summed E-state index contributed by atoms with van der Waals surface area (Å²) in [5.41, 5.74) is 3.00.